The van der Waals surface area contributed by atoms with E-state index in [1.54, 1.807) is 6.26 Å². The van der Waals surface area contributed by atoms with Crippen molar-refractivity contribution in [2.45, 2.75) is 19.8 Å². The molecular weight excluding hydrogens is 180 g/mol. The van der Waals surface area contributed by atoms with Gasteiger partial charge in [0, 0.05) is 11.8 Å². The molecule has 3 heteroatoms. The lowest BCUT2D eigenvalue weighted by Crippen LogP contribution is -2.28. The Balaban J connectivity index is 2.18. The highest BCUT2D eigenvalue weighted by molar-refractivity contribution is 5.88. The zero-order chi connectivity index (χ0) is 10.1. The van der Waals surface area contributed by atoms with E-state index in [4.69, 9.17) is 9.47 Å². The molecule has 1 aliphatic carbocycles. The van der Waals surface area contributed by atoms with Gasteiger partial charge in [0.1, 0.15) is 0 Å². The molecule has 0 bridgehead atoms. The van der Waals surface area contributed by atoms with E-state index in [9.17, 15) is 4.79 Å². The van der Waals surface area contributed by atoms with E-state index in [0.29, 0.717) is 17.8 Å². The Hall–Kier alpha value is -0.990. The Kier molecular flexibility index (Phi) is 2.48. The van der Waals surface area contributed by atoms with Crippen molar-refractivity contribution in [3.05, 3.63) is 11.8 Å². The molecular formula is C11H16O3. The van der Waals surface area contributed by atoms with E-state index >= 15 is 0 Å². The second-order valence-corrected chi connectivity index (χ2v) is 4.22. The second-order valence-electron chi connectivity index (χ2n) is 4.22. The van der Waals surface area contributed by atoms with Gasteiger partial charge >= 0.3 is 5.97 Å². The van der Waals surface area contributed by atoms with Gasteiger partial charge in [-0.25, -0.2) is 4.79 Å². The summed E-state index contributed by atoms with van der Waals surface area (Å²) in [6, 6.07) is 0. The number of ether oxygens (including phenoxy) is 2. The molecule has 1 fully saturated rings. The van der Waals surface area contributed by atoms with Crippen molar-refractivity contribution in [2.24, 2.45) is 17.8 Å². The molecule has 1 saturated carbocycles. The predicted octanol–water partition coefficient (Wildman–Crippen LogP) is 1.74. The van der Waals surface area contributed by atoms with Gasteiger partial charge in [0.05, 0.1) is 25.6 Å². The number of esters is 1. The summed E-state index contributed by atoms with van der Waals surface area (Å²) in [6.45, 7) is 2.99. The van der Waals surface area contributed by atoms with E-state index in [1.165, 1.54) is 13.5 Å². The van der Waals surface area contributed by atoms with Gasteiger partial charge in [-0.05, 0) is 18.8 Å². The second kappa shape index (κ2) is 3.64. The van der Waals surface area contributed by atoms with Crippen LogP contribution in [0.5, 0.6) is 0 Å². The number of hydrogen-bond donors (Lipinski definition) is 0. The fourth-order valence-electron chi connectivity index (χ4n) is 2.59. The van der Waals surface area contributed by atoms with Crippen LogP contribution in [0.4, 0.5) is 0 Å². The van der Waals surface area contributed by atoms with Gasteiger partial charge in [0.15, 0.2) is 0 Å². The number of methoxy groups -OCH3 is 1. The zero-order valence-electron chi connectivity index (χ0n) is 8.66. The van der Waals surface area contributed by atoms with Crippen molar-refractivity contribution in [1.82, 2.24) is 0 Å². The van der Waals surface area contributed by atoms with E-state index in [1.807, 2.05) is 0 Å². The van der Waals surface area contributed by atoms with Gasteiger partial charge in [0.2, 0.25) is 0 Å². The molecule has 0 aromatic rings. The van der Waals surface area contributed by atoms with Crippen molar-refractivity contribution in [3.63, 3.8) is 0 Å². The molecule has 0 aromatic heterocycles. The van der Waals surface area contributed by atoms with Gasteiger partial charge in [-0.15, -0.1) is 0 Å². The van der Waals surface area contributed by atoms with E-state index < -0.39 is 0 Å². The maximum absolute atomic E-state index is 11.4. The predicted molar refractivity (Wildman–Crippen MR) is 51.4 cm³/mol. The summed E-state index contributed by atoms with van der Waals surface area (Å²) in [4.78, 5) is 11.4. The van der Waals surface area contributed by atoms with Crippen molar-refractivity contribution in [2.75, 3.05) is 13.7 Å². The van der Waals surface area contributed by atoms with Crippen LogP contribution in [-0.4, -0.2) is 19.7 Å². The van der Waals surface area contributed by atoms with Crippen LogP contribution >= 0.6 is 0 Å². The minimum absolute atomic E-state index is 0.228. The maximum atomic E-state index is 11.4. The summed E-state index contributed by atoms with van der Waals surface area (Å²) in [5.41, 5.74) is 0.730. The lowest BCUT2D eigenvalue weighted by atomic mass is 9.85. The first-order valence-electron chi connectivity index (χ1n) is 5.14. The summed E-state index contributed by atoms with van der Waals surface area (Å²) >= 11 is 0. The standard InChI is InChI=1S/C11H16O3/c1-7-3-4-8-9(7)5-14-6-10(8)11(12)13-2/h6-9H,3-5H2,1-2H3/t7?,8-,9+/m0/s1. The summed E-state index contributed by atoms with van der Waals surface area (Å²) in [5.74, 6) is 1.31. The fraction of sp³-hybridized carbons (Fsp3) is 0.727. The van der Waals surface area contributed by atoms with Gasteiger partial charge in [-0.3, -0.25) is 0 Å². The molecule has 2 aliphatic rings. The number of rotatable bonds is 1. The fourth-order valence-corrected chi connectivity index (χ4v) is 2.59. The van der Waals surface area contributed by atoms with Gasteiger partial charge in [-0.2, -0.15) is 0 Å². The highest BCUT2D eigenvalue weighted by Gasteiger charge is 2.40. The van der Waals surface area contributed by atoms with Crippen LogP contribution < -0.4 is 0 Å². The monoisotopic (exact) mass is 196 g/mol. The smallest absolute Gasteiger partial charge is 0.337 e. The minimum atomic E-state index is -0.228. The Morgan fingerprint density at radius 1 is 1.57 bits per heavy atom. The number of carbonyl (C=O) groups excluding carboxylic acids is 1. The van der Waals surface area contributed by atoms with Crippen molar-refractivity contribution < 1.29 is 14.3 Å². The van der Waals surface area contributed by atoms with Crippen molar-refractivity contribution >= 4 is 5.97 Å². The summed E-state index contributed by atoms with van der Waals surface area (Å²) in [7, 11) is 1.42. The molecule has 14 heavy (non-hydrogen) atoms. The molecule has 2 rings (SSSR count). The summed E-state index contributed by atoms with van der Waals surface area (Å²) in [5, 5.41) is 0. The normalized spacial score (nSPS) is 35.6. The first-order chi connectivity index (χ1) is 6.74. The molecule has 0 amide bonds. The molecule has 3 atom stereocenters. The third-order valence-corrected chi connectivity index (χ3v) is 3.50. The van der Waals surface area contributed by atoms with Crippen LogP contribution in [0.1, 0.15) is 19.8 Å². The average Bonchev–Trinajstić information content (AvgIpc) is 2.59. The topological polar surface area (TPSA) is 35.5 Å². The van der Waals surface area contributed by atoms with Crippen molar-refractivity contribution in [3.8, 4) is 0 Å². The zero-order valence-corrected chi connectivity index (χ0v) is 8.66. The molecule has 78 valence electrons. The third-order valence-electron chi connectivity index (χ3n) is 3.50. The Bertz CT molecular complexity index is 270. The van der Waals surface area contributed by atoms with E-state index in [0.717, 1.165) is 18.6 Å². The lowest BCUT2D eigenvalue weighted by Gasteiger charge is -2.27. The number of hydrogen-bond acceptors (Lipinski definition) is 3. The Morgan fingerprint density at radius 3 is 3.07 bits per heavy atom. The molecule has 0 saturated heterocycles. The van der Waals surface area contributed by atoms with Crippen LogP contribution in [0, 0.1) is 17.8 Å². The minimum Gasteiger partial charge on any atom is -0.500 e. The first kappa shape index (κ1) is 9.56. The summed E-state index contributed by atoms with van der Waals surface area (Å²) < 4.78 is 10.1. The van der Waals surface area contributed by atoms with Crippen LogP contribution in [-0.2, 0) is 14.3 Å². The SMILES string of the molecule is COC(=O)C1=COC[C@@H]2C(C)CC[C@H]12. The van der Waals surface area contributed by atoms with Crippen LogP contribution in [0.25, 0.3) is 0 Å². The Morgan fingerprint density at radius 2 is 2.36 bits per heavy atom. The van der Waals surface area contributed by atoms with Crippen LogP contribution in [0.2, 0.25) is 0 Å². The number of fused-ring (bicyclic) bond motifs is 1. The van der Waals surface area contributed by atoms with E-state index in [-0.39, 0.29) is 5.97 Å². The Labute approximate surface area is 84.1 Å². The van der Waals surface area contributed by atoms with E-state index in [2.05, 4.69) is 6.92 Å². The van der Waals surface area contributed by atoms with Crippen LogP contribution in [0.3, 0.4) is 0 Å². The first-order valence-corrected chi connectivity index (χ1v) is 5.14. The molecule has 0 aromatic carbocycles. The van der Waals surface area contributed by atoms with Gasteiger partial charge in [-0.1, -0.05) is 6.92 Å². The summed E-state index contributed by atoms with van der Waals surface area (Å²) in [6.07, 6.45) is 3.87. The maximum Gasteiger partial charge on any atom is 0.337 e. The van der Waals surface area contributed by atoms with Gasteiger partial charge in [0.25, 0.3) is 0 Å². The van der Waals surface area contributed by atoms with Gasteiger partial charge < -0.3 is 9.47 Å². The lowest BCUT2D eigenvalue weighted by molar-refractivity contribution is -0.137. The third kappa shape index (κ3) is 1.41. The number of carbonyl (C=O) groups is 1. The quantitative estimate of drug-likeness (QED) is 0.599. The molecule has 1 heterocycles. The molecule has 0 radical (unpaired) electrons. The highest BCUT2D eigenvalue weighted by Crippen LogP contribution is 2.43. The average molecular weight is 196 g/mol. The highest BCUT2D eigenvalue weighted by atomic mass is 16.5. The molecule has 1 aliphatic heterocycles. The molecule has 0 spiro atoms. The van der Waals surface area contributed by atoms with Crippen molar-refractivity contribution in [1.29, 1.82) is 0 Å². The van der Waals surface area contributed by atoms with Crippen LogP contribution in [0.15, 0.2) is 11.8 Å². The largest absolute Gasteiger partial charge is 0.500 e. The molecule has 1 unspecified atom stereocenters. The molecule has 0 N–H and O–H groups in total. The molecule has 3 nitrogen and oxygen atoms in total.